The molecule has 3 saturated heterocycles. The van der Waals surface area contributed by atoms with E-state index >= 15 is 0 Å². The lowest BCUT2D eigenvalue weighted by Gasteiger charge is -2.38. The molecule has 13 heteroatoms. The Bertz CT molecular complexity index is 2250. The number of piperazine rings is 1. The van der Waals surface area contributed by atoms with Crippen molar-refractivity contribution in [2.75, 3.05) is 55.6 Å². The Morgan fingerprint density at radius 2 is 1.52 bits per heavy atom. The minimum atomic E-state index is -0.957. The normalized spacial score (nSPS) is 19.4. The zero-order chi connectivity index (χ0) is 39.1. The van der Waals surface area contributed by atoms with Crippen molar-refractivity contribution in [2.24, 2.45) is 5.92 Å². The number of nitrogens with zero attached hydrogens (tertiary/aromatic N) is 7. The number of hydrogen-bond acceptors (Lipinski definition) is 9. The first kappa shape index (κ1) is 37.4. The van der Waals surface area contributed by atoms with Gasteiger partial charge in [0, 0.05) is 68.3 Å². The van der Waals surface area contributed by atoms with Gasteiger partial charge in [0.15, 0.2) is 0 Å². The van der Waals surface area contributed by atoms with Crippen molar-refractivity contribution in [1.29, 1.82) is 5.26 Å². The van der Waals surface area contributed by atoms with Crippen LogP contribution in [0.15, 0.2) is 60.7 Å². The number of piperidine rings is 2. The van der Waals surface area contributed by atoms with Crippen LogP contribution in [0.1, 0.15) is 75.2 Å². The van der Waals surface area contributed by atoms with Crippen LogP contribution in [0.5, 0.6) is 0 Å². The smallest absolute Gasteiger partial charge is 0.262 e. The summed E-state index contributed by atoms with van der Waals surface area (Å²) >= 11 is 6.31. The third-order valence-corrected chi connectivity index (χ3v) is 12.4. The number of fused-ring (bicyclic) bond motifs is 1. The number of anilines is 2. The molecule has 3 fully saturated rings. The highest BCUT2D eigenvalue weighted by atomic mass is 35.5. The van der Waals surface area contributed by atoms with Crippen LogP contribution in [-0.4, -0.2) is 95.1 Å². The van der Waals surface area contributed by atoms with Crippen molar-refractivity contribution in [1.82, 2.24) is 24.9 Å². The predicted molar refractivity (Wildman–Crippen MR) is 214 cm³/mol. The summed E-state index contributed by atoms with van der Waals surface area (Å²) in [4.78, 5) is 58.8. The number of nitrogens with one attached hydrogen (secondary N) is 1. The van der Waals surface area contributed by atoms with E-state index in [1.165, 1.54) is 11.3 Å². The molecule has 1 unspecified atom stereocenters. The number of carbonyl (C=O) groups is 4. The average molecular weight is 773 g/mol. The summed E-state index contributed by atoms with van der Waals surface area (Å²) < 4.78 is 2.03. The number of amides is 4. The fourth-order valence-electron chi connectivity index (χ4n) is 8.53. The average Bonchev–Trinajstić information content (AvgIpc) is 3.63. The van der Waals surface area contributed by atoms with Crippen LogP contribution in [0, 0.1) is 31.1 Å². The van der Waals surface area contributed by atoms with Crippen LogP contribution in [0.3, 0.4) is 0 Å². The number of imide groups is 2. The Morgan fingerprint density at radius 1 is 0.821 bits per heavy atom. The van der Waals surface area contributed by atoms with Gasteiger partial charge < -0.3 is 9.80 Å². The van der Waals surface area contributed by atoms with Crippen LogP contribution in [-0.2, 0) is 16.1 Å². The molecular formula is C43H45ClN8O4. The first-order chi connectivity index (χ1) is 27.1. The highest BCUT2D eigenvalue weighted by Gasteiger charge is 2.44. The summed E-state index contributed by atoms with van der Waals surface area (Å²) in [6, 6.07) is 20.8. The molecule has 0 radical (unpaired) electrons. The summed E-state index contributed by atoms with van der Waals surface area (Å²) in [6.07, 6.45) is 3.55. The Morgan fingerprint density at radius 3 is 2.21 bits per heavy atom. The quantitative estimate of drug-likeness (QED) is 0.217. The summed E-state index contributed by atoms with van der Waals surface area (Å²) in [7, 11) is 0. The maximum atomic E-state index is 13.3. The van der Waals surface area contributed by atoms with Gasteiger partial charge in [-0.1, -0.05) is 29.8 Å². The molecule has 4 aliphatic heterocycles. The molecule has 56 heavy (non-hydrogen) atoms. The van der Waals surface area contributed by atoms with Gasteiger partial charge in [-0.05, 0) is 106 Å². The van der Waals surface area contributed by atoms with Gasteiger partial charge in [0.25, 0.3) is 11.8 Å². The Hall–Kier alpha value is -5.51. The molecule has 1 aromatic heterocycles. The van der Waals surface area contributed by atoms with Gasteiger partial charge in [-0.25, -0.2) is 0 Å². The van der Waals surface area contributed by atoms with Crippen molar-refractivity contribution in [3.63, 3.8) is 0 Å². The molecule has 5 heterocycles. The lowest BCUT2D eigenvalue weighted by Crippen LogP contribution is -2.54. The zero-order valence-corrected chi connectivity index (χ0v) is 32.5. The second-order valence-electron chi connectivity index (χ2n) is 15.4. The predicted octanol–water partition coefficient (Wildman–Crippen LogP) is 5.57. The van der Waals surface area contributed by atoms with Gasteiger partial charge in [-0.2, -0.15) is 10.4 Å². The van der Waals surface area contributed by atoms with Gasteiger partial charge >= 0.3 is 0 Å². The second-order valence-corrected chi connectivity index (χ2v) is 15.8. The molecule has 0 spiro atoms. The highest BCUT2D eigenvalue weighted by molar-refractivity contribution is 6.32. The number of hydrogen-bond donors (Lipinski definition) is 1. The van der Waals surface area contributed by atoms with E-state index in [9.17, 15) is 24.4 Å². The van der Waals surface area contributed by atoms with Crippen molar-refractivity contribution in [3.8, 4) is 17.3 Å². The molecule has 1 N–H and O–H groups in total. The molecule has 4 amide bonds. The molecule has 0 saturated carbocycles. The van der Waals surface area contributed by atoms with E-state index in [4.69, 9.17) is 16.7 Å². The van der Waals surface area contributed by atoms with Crippen LogP contribution >= 0.6 is 11.6 Å². The van der Waals surface area contributed by atoms with E-state index in [-0.39, 0.29) is 18.7 Å². The Kier molecular flexibility index (Phi) is 10.4. The summed E-state index contributed by atoms with van der Waals surface area (Å²) in [5, 5.41) is 16.8. The fraction of sp³-hybridized carbons (Fsp3) is 0.395. The van der Waals surface area contributed by atoms with Gasteiger partial charge in [0.2, 0.25) is 11.8 Å². The van der Waals surface area contributed by atoms with Gasteiger partial charge in [-0.15, -0.1) is 0 Å². The molecule has 8 rings (SSSR count). The summed E-state index contributed by atoms with van der Waals surface area (Å²) in [6.45, 7) is 11.7. The molecule has 3 aromatic carbocycles. The number of carbonyl (C=O) groups excluding carboxylic acids is 4. The molecule has 0 bridgehead atoms. The number of rotatable bonds is 9. The molecule has 0 aliphatic carbocycles. The first-order valence-electron chi connectivity index (χ1n) is 19.5. The first-order valence-corrected chi connectivity index (χ1v) is 19.9. The van der Waals surface area contributed by atoms with E-state index in [0.29, 0.717) is 34.2 Å². The van der Waals surface area contributed by atoms with E-state index in [1.807, 2.05) is 22.9 Å². The largest absolute Gasteiger partial charge is 0.371 e. The van der Waals surface area contributed by atoms with E-state index < -0.39 is 23.8 Å². The minimum absolute atomic E-state index is 0.103. The van der Waals surface area contributed by atoms with Gasteiger partial charge in [0.05, 0.1) is 34.0 Å². The minimum Gasteiger partial charge on any atom is -0.371 e. The fourth-order valence-corrected chi connectivity index (χ4v) is 8.76. The standard InChI is InChI=1S/C43H45ClN8O4/c1-27-28(2)51(47-40(27)31-5-6-32(25-45)37(44)23-31)26-30-3-7-33(8-4-30)50-21-19-48(20-22-50)16-13-29-14-17-49(18-15-29)34-9-10-35-36(24-34)43(56)52(42(35)55)38-11-12-39(53)46-41(38)54/h3-10,23-24,29,38H,11-22,26H2,1-2H3,(H,46,53,54). The van der Waals surface area contributed by atoms with Gasteiger partial charge in [-0.3, -0.25) is 39.0 Å². The molecule has 4 aromatic rings. The third kappa shape index (κ3) is 7.29. The molecule has 12 nitrogen and oxygen atoms in total. The SMILES string of the molecule is Cc1c(-c2ccc(C#N)c(Cl)c2)nn(Cc2ccc(N3CCN(CCC4CCN(c5ccc6c(c5)C(=O)N(C5CCC(=O)NC5=O)C6=O)CC4)CC3)cc2)c1C. The van der Waals surface area contributed by atoms with Crippen molar-refractivity contribution < 1.29 is 19.2 Å². The number of halogens is 1. The molecular weight excluding hydrogens is 728 g/mol. The number of nitriles is 1. The molecule has 288 valence electrons. The van der Waals surface area contributed by atoms with Crippen LogP contribution in [0.25, 0.3) is 11.3 Å². The monoisotopic (exact) mass is 772 g/mol. The van der Waals surface area contributed by atoms with Crippen LogP contribution in [0.4, 0.5) is 11.4 Å². The van der Waals surface area contributed by atoms with Crippen molar-refractivity contribution in [2.45, 2.75) is 58.5 Å². The molecule has 1 atom stereocenters. The lowest BCUT2D eigenvalue weighted by molar-refractivity contribution is -0.136. The highest BCUT2D eigenvalue weighted by Crippen LogP contribution is 2.33. The van der Waals surface area contributed by atoms with E-state index in [0.717, 1.165) is 98.2 Å². The zero-order valence-electron chi connectivity index (χ0n) is 31.8. The van der Waals surface area contributed by atoms with Crippen molar-refractivity contribution in [3.05, 3.63) is 99.2 Å². The third-order valence-electron chi connectivity index (χ3n) is 12.1. The van der Waals surface area contributed by atoms with E-state index in [1.54, 1.807) is 18.2 Å². The van der Waals surface area contributed by atoms with E-state index in [2.05, 4.69) is 64.2 Å². The maximum absolute atomic E-state index is 13.3. The Balaban J connectivity index is 0.788. The van der Waals surface area contributed by atoms with Crippen molar-refractivity contribution >= 4 is 46.6 Å². The van der Waals surface area contributed by atoms with Gasteiger partial charge in [0.1, 0.15) is 12.1 Å². The van der Waals surface area contributed by atoms with Crippen LogP contribution in [0.2, 0.25) is 5.02 Å². The number of aromatic nitrogens is 2. The second kappa shape index (κ2) is 15.6. The van der Waals surface area contributed by atoms with Crippen LogP contribution < -0.4 is 15.1 Å². The maximum Gasteiger partial charge on any atom is 0.262 e. The summed E-state index contributed by atoms with van der Waals surface area (Å²) in [5.41, 5.74) is 8.43. The summed E-state index contributed by atoms with van der Waals surface area (Å²) in [5.74, 6) is -1.28. The Labute approximate surface area is 331 Å². The molecule has 4 aliphatic rings. The topological polar surface area (TPSA) is 135 Å². The lowest BCUT2D eigenvalue weighted by atomic mass is 9.92. The number of benzene rings is 3.